The van der Waals surface area contributed by atoms with Gasteiger partial charge >= 0.3 is 11.7 Å². The minimum Gasteiger partial charge on any atom is -0.497 e. The average molecular weight is 456 g/mol. The lowest BCUT2D eigenvalue weighted by molar-refractivity contribution is -0.145. The fourth-order valence-electron chi connectivity index (χ4n) is 3.08. The van der Waals surface area contributed by atoms with Gasteiger partial charge in [-0.2, -0.15) is 0 Å². The number of ether oxygens (including phenoxy) is 2. The first-order chi connectivity index (χ1) is 15.4. The quantitative estimate of drug-likeness (QED) is 0.414. The van der Waals surface area contributed by atoms with Crippen LogP contribution in [0.4, 0.5) is 10.8 Å². The van der Waals surface area contributed by atoms with Crippen molar-refractivity contribution >= 4 is 39.3 Å². The van der Waals surface area contributed by atoms with Crippen LogP contribution in [0.2, 0.25) is 0 Å². The van der Waals surface area contributed by atoms with E-state index in [0.29, 0.717) is 10.8 Å². The van der Waals surface area contributed by atoms with Crippen molar-refractivity contribution in [1.82, 2.24) is 23.7 Å². The van der Waals surface area contributed by atoms with E-state index in [1.54, 1.807) is 12.5 Å². The molecule has 0 aliphatic carbocycles. The molecule has 32 heavy (non-hydrogen) atoms. The first kappa shape index (κ1) is 21.3. The molecule has 4 rings (SSSR count). The SMILES string of the molecule is COc1ccc(Nc2nc(COC(=O)Cn3cnc4c3c(=O)n(C)c(=O)n4C)cs2)cc1. The fraction of sp³-hybridized carbons (Fsp3) is 0.250. The lowest BCUT2D eigenvalue weighted by atomic mass is 10.3. The Labute approximate surface area is 185 Å². The Morgan fingerprint density at radius 2 is 1.91 bits per heavy atom. The van der Waals surface area contributed by atoms with Gasteiger partial charge in [-0.05, 0) is 24.3 Å². The summed E-state index contributed by atoms with van der Waals surface area (Å²) >= 11 is 1.38. The standard InChI is InChI=1S/C20H20N6O5S/c1-24-17-16(18(28)25(2)20(24)29)26(11-21-17)8-15(27)31-9-13-10-32-19(23-13)22-12-4-6-14(30-3)7-5-12/h4-7,10-11H,8-9H2,1-3H3,(H,22,23). The molecule has 0 spiro atoms. The Morgan fingerprint density at radius 1 is 1.16 bits per heavy atom. The van der Waals surface area contributed by atoms with Crippen molar-refractivity contribution in [3.05, 3.63) is 62.5 Å². The van der Waals surface area contributed by atoms with E-state index < -0.39 is 17.2 Å². The van der Waals surface area contributed by atoms with E-state index >= 15 is 0 Å². The van der Waals surface area contributed by atoms with Crippen LogP contribution in [0.5, 0.6) is 5.75 Å². The zero-order valence-corrected chi connectivity index (χ0v) is 18.4. The molecule has 0 fully saturated rings. The van der Waals surface area contributed by atoms with Crippen molar-refractivity contribution < 1.29 is 14.3 Å². The number of anilines is 2. The van der Waals surface area contributed by atoms with Gasteiger partial charge in [0, 0.05) is 25.2 Å². The zero-order chi connectivity index (χ0) is 22.8. The maximum Gasteiger partial charge on any atom is 0.332 e. The summed E-state index contributed by atoms with van der Waals surface area (Å²) in [7, 11) is 4.49. The number of benzene rings is 1. The maximum absolute atomic E-state index is 12.4. The Kier molecular flexibility index (Phi) is 5.77. The molecule has 0 atom stereocenters. The molecule has 1 aromatic carbocycles. The van der Waals surface area contributed by atoms with Crippen LogP contribution in [0, 0.1) is 0 Å². The number of thiazole rings is 1. The van der Waals surface area contributed by atoms with Gasteiger partial charge in [-0.25, -0.2) is 14.8 Å². The topological polar surface area (TPSA) is 122 Å². The third-order valence-corrected chi connectivity index (χ3v) is 5.60. The van der Waals surface area contributed by atoms with Crippen molar-refractivity contribution in [2.75, 3.05) is 12.4 Å². The maximum atomic E-state index is 12.4. The summed E-state index contributed by atoms with van der Waals surface area (Å²) < 4.78 is 14.0. The molecule has 0 bridgehead atoms. The predicted octanol–water partition coefficient (Wildman–Crippen LogP) is 1.39. The van der Waals surface area contributed by atoms with Crippen molar-refractivity contribution in [3.8, 4) is 5.75 Å². The highest BCUT2D eigenvalue weighted by Gasteiger charge is 2.16. The molecule has 0 aliphatic rings. The van der Waals surface area contributed by atoms with Gasteiger partial charge in [-0.15, -0.1) is 11.3 Å². The summed E-state index contributed by atoms with van der Waals surface area (Å²) in [5, 5.41) is 5.62. The fourth-order valence-corrected chi connectivity index (χ4v) is 3.80. The summed E-state index contributed by atoms with van der Waals surface area (Å²) in [4.78, 5) is 45.3. The van der Waals surface area contributed by atoms with Gasteiger partial charge in [-0.1, -0.05) is 0 Å². The summed E-state index contributed by atoms with van der Waals surface area (Å²) in [6.07, 6.45) is 1.34. The van der Waals surface area contributed by atoms with Crippen LogP contribution < -0.4 is 21.3 Å². The number of hydrogen-bond acceptors (Lipinski definition) is 9. The Balaban J connectivity index is 1.40. The third-order valence-electron chi connectivity index (χ3n) is 4.79. The van der Waals surface area contributed by atoms with Crippen molar-refractivity contribution in [1.29, 1.82) is 0 Å². The van der Waals surface area contributed by atoms with Gasteiger partial charge in [-0.3, -0.25) is 18.7 Å². The molecule has 0 aliphatic heterocycles. The summed E-state index contributed by atoms with van der Waals surface area (Å²) in [5.74, 6) is 0.200. The molecule has 0 amide bonds. The molecule has 11 nitrogen and oxygen atoms in total. The molecule has 0 saturated heterocycles. The minimum atomic E-state index is -0.558. The van der Waals surface area contributed by atoms with Crippen molar-refractivity contribution in [2.45, 2.75) is 13.2 Å². The second kappa shape index (κ2) is 8.67. The van der Waals surface area contributed by atoms with Crippen LogP contribution in [-0.2, 0) is 36.8 Å². The number of methoxy groups -OCH3 is 1. The number of imidazole rings is 1. The Morgan fingerprint density at radius 3 is 2.62 bits per heavy atom. The first-order valence-corrected chi connectivity index (χ1v) is 10.4. The van der Waals surface area contributed by atoms with Gasteiger partial charge in [0.15, 0.2) is 16.3 Å². The van der Waals surface area contributed by atoms with Crippen molar-refractivity contribution in [3.63, 3.8) is 0 Å². The Hall–Kier alpha value is -3.93. The number of nitrogens with one attached hydrogen (secondary N) is 1. The van der Waals surface area contributed by atoms with Gasteiger partial charge in [0.05, 0.1) is 19.1 Å². The highest BCUT2D eigenvalue weighted by molar-refractivity contribution is 7.13. The molecule has 1 N–H and O–H groups in total. The average Bonchev–Trinajstić information content (AvgIpc) is 3.42. The van der Waals surface area contributed by atoms with E-state index in [2.05, 4.69) is 15.3 Å². The zero-order valence-electron chi connectivity index (χ0n) is 17.6. The predicted molar refractivity (Wildman–Crippen MR) is 118 cm³/mol. The number of nitrogens with zero attached hydrogens (tertiary/aromatic N) is 5. The largest absolute Gasteiger partial charge is 0.497 e. The molecule has 0 unspecified atom stereocenters. The molecule has 0 radical (unpaired) electrons. The first-order valence-electron chi connectivity index (χ1n) is 9.49. The number of aromatic nitrogens is 5. The van der Waals surface area contributed by atoms with Crippen LogP contribution in [0.25, 0.3) is 11.2 Å². The van der Waals surface area contributed by atoms with Crippen LogP contribution in [-0.4, -0.2) is 36.7 Å². The van der Waals surface area contributed by atoms with Crippen LogP contribution in [0.15, 0.2) is 45.6 Å². The molecule has 166 valence electrons. The molecule has 12 heteroatoms. The van der Waals surface area contributed by atoms with Gasteiger partial charge in [0.1, 0.15) is 18.9 Å². The lowest BCUT2D eigenvalue weighted by Crippen LogP contribution is -2.37. The number of aryl methyl sites for hydroxylation is 1. The van der Waals surface area contributed by atoms with Crippen LogP contribution in [0.3, 0.4) is 0 Å². The van der Waals surface area contributed by atoms with Gasteiger partial charge in [0.2, 0.25) is 0 Å². The highest BCUT2D eigenvalue weighted by Crippen LogP contribution is 2.23. The minimum absolute atomic E-state index is 0.0112. The van der Waals surface area contributed by atoms with E-state index in [1.807, 2.05) is 24.3 Å². The number of esters is 1. The van der Waals surface area contributed by atoms with Crippen LogP contribution >= 0.6 is 11.3 Å². The third kappa shape index (κ3) is 4.12. The summed E-state index contributed by atoms with van der Waals surface area (Å²) in [6.45, 7) is -0.228. The number of carbonyl (C=O) groups is 1. The van der Waals surface area contributed by atoms with Crippen molar-refractivity contribution in [2.24, 2.45) is 14.1 Å². The molecule has 4 aromatic rings. The van der Waals surface area contributed by atoms with Crippen LogP contribution in [0.1, 0.15) is 5.69 Å². The molecule has 3 aromatic heterocycles. The normalized spacial score (nSPS) is 11.0. The van der Waals surface area contributed by atoms with E-state index in [0.717, 1.165) is 16.0 Å². The number of hydrogen-bond donors (Lipinski definition) is 1. The monoisotopic (exact) mass is 456 g/mol. The van der Waals surface area contributed by atoms with E-state index in [4.69, 9.17) is 9.47 Å². The molecular weight excluding hydrogens is 436 g/mol. The highest BCUT2D eigenvalue weighted by atomic mass is 32.1. The number of carbonyl (C=O) groups excluding carboxylic acids is 1. The van der Waals surface area contributed by atoms with Gasteiger partial charge in [0.25, 0.3) is 5.56 Å². The summed E-state index contributed by atoms with van der Waals surface area (Å²) in [6, 6.07) is 7.41. The van der Waals surface area contributed by atoms with E-state index in [9.17, 15) is 14.4 Å². The summed E-state index contributed by atoms with van der Waals surface area (Å²) in [5.41, 5.74) is 0.797. The Bertz CT molecular complexity index is 1400. The van der Waals surface area contributed by atoms with E-state index in [-0.39, 0.29) is 24.3 Å². The number of rotatable bonds is 7. The van der Waals surface area contributed by atoms with E-state index in [1.165, 1.54) is 40.9 Å². The number of fused-ring (bicyclic) bond motifs is 1. The molecule has 0 saturated carbocycles. The second-order valence-electron chi connectivity index (χ2n) is 6.91. The smallest absolute Gasteiger partial charge is 0.332 e. The second-order valence-corrected chi connectivity index (χ2v) is 7.77. The lowest BCUT2D eigenvalue weighted by Gasteiger charge is -2.07. The molecular formula is C20H20N6O5S. The molecule has 3 heterocycles. The van der Waals surface area contributed by atoms with Gasteiger partial charge < -0.3 is 19.4 Å².